The van der Waals surface area contributed by atoms with Gasteiger partial charge in [0.05, 0.1) is 0 Å². The van der Waals surface area contributed by atoms with Crippen molar-refractivity contribution < 1.29 is 0 Å². The van der Waals surface area contributed by atoms with Crippen LogP contribution < -0.4 is 5.32 Å². The average Bonchev–Trinajstić information content (AvgIpc) is 3.06. The topological polar surface area (TPSA) is 27.8 Å². The van der Waals surface area contributed by atoms with E-state index in [9.17, 15) is 0 Å². The van der Waals surface area contributed by atoms with Crippen LogP contribution in [0, 0.1) is 6.92 Å². The summed E-state index contributed by atoms with van der Waals surface area (Å²) in [7, 11) is 0. The normalized spacial score (nSPS) is 10.8. The molecule has 0 radical (unpaired) electrons. The lowest BCUT2D eigenvalue weighted by molar-refractivity contribution is 1.40. The van der Waals surface area contributed by atoms with Crippen LogP contribution in [0.2, 0.25) is 0 Å². The molecule has 0 spiro atoms. The average molecular weight is 324 g/mol. The maximum Gasteiger partial charge on any atom is 0.0485 e. The van der Waals surface area contributed by atoms with Crippen LogP contribution in [-0.4, -0.2) is 4.98 Å². The third kappa shape index (κ3) is 2.94. The number of aromatic amines is 1. The Morgan fingerprint density at radius 3 is 2.44 bits per heavy atom. The van der Waals surface area contributed by atoms with E-state index in [4.69, 9.17) is 0 Å². The molecule has 0 aliphatic heterocycles. The summed E-state index contributed by atoms with van der Waals surface area (Å²) in [6, 6.07) is 27.1. The third-order valence-electron chi connectivity index (χ3n) is 4.50. The Kier molecular flexibility index (Phi) is 3.87. The van der Waals surface area contributed by atoms with Crippen LogP contribution in [0.15, 0.2) is 85.4 Å². The van der Waals surface area contributed by atoms with Crippen molar-refractivity contribution >= 4 is 22.3 Å². The fourth-order valence-corrected chi connectivity index (χ4v) is 3.19. The van der Waals surface area contributed by atoms with Gasteiger partial charge >= 0.3 is 0 Å². The molecule has 2 N–H and O–H groups in total. The molecule has 122 valence electrons. The lowest BCUT2D eigenvalue weighted by Gasteiger charge is -2.15. The molecule has 0 saturated heterocycles. The first-order valence-electron chi connectivity index (χ1n) is 8.41. The number of benzene rings is 3. The van der Waals surface area contributed by atoms with Crippen molar-refractivity contribution in [3.05, 3.63) is 96.6 Å². The molecule has 0 unspecified atom stereocenters. The Morgan fingerprint density at radius 2 is 1.60 bits per heavy atom. The van der Waals surface area contributed by atoms with Crippen molar-refractivity contribution in [2.45, 2.75) is 6.92 Å². The van der Waals surface area contributed by atoms with Gasteiger partial charge in [-0.15, -0.1) is 0 Å². The Balaban J connectivity index is 1.72. The van der Waals surface area contributed by atoms with Crippen LogP contribution in [0.1, 0.15) is 11.1 Å². The summed E-state index contributed by atoms with van der Waals surface area (Å²) >= 11 is 0. The van der Waals surface area contributed by atoms with Gasteiger partial charge in [-0.05, 0) is 30.7 Å². The molecule has 2 nitrogen and oxygen atoms in total. The van der Waals surface area contributed by atoms with E-state index in [1.165, 1.54) is 10.9 Å². The minimum absolute atomic E-state index is 0.904. The van der Waals surface area contributed by atoms with Crippen molar-refractivity contribution in [3.63, 3.8) is 0 Å². The summed E-state index contributed by atoms with van der Waals surface area (Å²) in [6.07, 6.45) is 0. The van der Waals surface area contributed by atoms with Crippen LogP contribution in [0.25, 0.3) is 27.9 Å². The SMILES string of the molecule is C=C(Nc1ccccc1-c1cc2ccccc2[nH]1)c1ccccc1C. The van der Waals surface area contributed by atoms with Gasteiger partial charge in [-0.25, -0.2) is 0 Å². The van der Waals surface area contributed by atoms with Crippen molar-refractivity contribution in [2.75, 3.05) is 5.32 Å². The molecule has 4 aromatic rings. The van der Waals surface area contributed by atoms with Gasteiger partial charge in [0.25, 0.3) is 0 Å². The fraction of sp³-hybridized carbons (Fsp3) is 0.0435. The zero-order valence-electron chi connectivity index (χ0n) is 14.2. The zero-order valence-corrected chi connectivity index (χ0v) is 14.2. The predicted molar refractivity (Wildman–Crippen MR) is 108 cm³/mol. The molecule has 1 heterocycles. The molecule has 1 aromatic heterocycles. The number of para-hydroxylation sites is 2. The van der Waals surface area contributed by atoms with Gasteiger partial charge in [0.2, 0.25) is 0 Å². The van der Waals surface area contributed by atoms with Crippen LogP contribution in [0.5, 0.6) is 0 Å². The Hall–Kier alpha value is -3.26. The van der Waals surface area contributed by atoms with E-state index in [0.717, 1.165) is 33.7 Å². The van der Waals surface area contributed by atoms with E-state index >= 15 is 0 Å². The zero-order chi connectivity index (χ0) is 17.2. The van der Waals surface area contributed by atoms with Crippen molar-refractivity contribution in [1.29, 1.82) is 0 Å². The van der Waals surface area contributed by atoms with Crippen LogP contribution in [0.3, 0.4) is 0 Å². The van der Waals surface area contributed by atoms with E-state index in [1.807, 2.05) is 24.3 Å². The molecule has 0 aliphatic carbocycles. The number of aromatic nitrogens is 1. The van der Waals surface area contributed by atoms with Gasteiger partial charge in [-0.2, -0.15) is 0 Å². The van der Waals surface area contributed by atoms with Gasteiger partial charge in [-0.3, -0.25) is 0 Å². The molecule has 3 aromatic carbocycles. The molecule has 0 atom stereocenters. The minimum Gasteiger partial charge on any atom is -0.355 e. The number of fused-ring (bicyclic) bond motifs is 1. The smallest absolute Gasteiger partial charge is 0.0485 e. The minimum atomic E-state index is 0.904. The molecular formula is C23H20N2. The van der Waals surface area contributed by atoms with E-state index in [2.05, 4.69) is 78.4 Å². The van der Waals surface area contributed by atoms with Crippen molar-refractivity contribution in [3.8, 4) is 11.3 Å². The maximum absolute atomic E-state index is 4.24. The molecule has 2 heteroatoms. The first kappa shape index (κ1) is 15.3. The Bertz CT molecular complexity index is 1020. The second kappa shape index (κ2) is 6.33. The number of rotatable bonds is 4. The second-order valence-corrected chi connectivity index (χ2v) is 6.23. The molecule has 0 saturated carbocycles. The first-order valence-corrected chi connectivity index (χ1v) is 8.41. The summed E-state index contributed by atoms with van der Waals surface area (Å²) < 4.78 is 0. The molecule has 4 rings (SSSR count). The monoisotopic (exact) mass is 324 g/mol. The number of H-pyrrole nitrogens is 1. The maximum atomic E-state index is 4.24. The van der Waals surface area contributed by atoms with E-state index in [0.29, 0.717) is 0 Å². The highest BCUT2D eigenvalue weighted by molar-refractivity contribution is 5.91. The Labute approximate surface area is 147 Å². The number of aryl methyl sites for hydroxylation is 1. The number of nitrogens with one attached hydrogen (secondary N) is 2. The molecule has 0 fully saturated rings. The predicted octanol–water partition coefficient (Wildman–Crippen LogP) is 6.23. The lowest BCUT2D eigenvalue weighted by atomic mass is 10.0. The first-order chi connectivity index (χ1) is 12.2. The summed E-state index contributed by atoms with van der Waals surface area (Å²) in [4.78, 5) is 3.51. The number of hydrogen-bond acceptors (Lipinski definition) is 1. The lowest BCUT2D eigenvalue weighted by Crippen LogP contribution is -2.00. The highest BCUT2D eigenvalue weighted by Gasteiger charge is 2.10. The standard InChI is InChI=1S/C23H20N2/c1-16-9-3-5-11-19(16)17(2)24-22-14-8-6-12-20(22)23-15-18-10-4-7-13-21(18)25-23/h3-15,24-25H,2H2,1H3. The largest absolute Gasteiger partial charge is 0.355 e. The molecular weight excluding hydrogens is 304 g/mol. The summed E-state index contributed by atoms with van der Waals surface area (Å²) in [6.45, 7) is 6.34. The quantitative estimate of drug-likeness (QED) is 0.458. The van der Waals surface area contributed by atoms with Gasteiger partial charge in [0, 0.05) is 39.1 Å². The number of hydrogen-bond donors (Lipinski definition) is 2. The summed E-state index contributed by atoms with van der Waals surface area (Å²) in [5, 5.41) is 4.71. The molecule has 0 amide bonds. The summed E-state index contributed by atoms with van der Waals surface area (Å²) in [5.74, 6) is 0. The van der Waals surface area contributed by atoms with Crippen LogP contribution in [0.4, 0.5) is 5.69 Å². The van der Waals surface area contributed by atoms with Gasteiger partial charge in [0.15, 0.2) is 0 Å². The van der Waals surface area contributed by atoms with Crippen molar-refractivity contribution in [2.24, 2.45) is 0 Å². The van der Waals surface area contributed by atoms with Gasteiger partial charge in [-0.1, -0.05) is 67.2 Å². The third-order valence-corrected chi connectivity index (χ3v) is 4.50. The van der Waals surface area contributed by atoms with Gasteiger partial charge < -0.3 is 10.3 Å². The summed E-state index contributed by atoms with van der Waals surface area (Å²) in [5.41, 5.74) is 7.67. The molecule has 25 heavy (non-hydrogen) atoms. The van der Waals surface area contributed by atoms with Crippen LogP contribution in [-0.2, 0) is 0 Å². The van der Waals surface area contributed by atoms with E-state index in [1.54, 1.807) is 0 Å². The fourth-order valence-electron chi connectivity index (χ4n) is 3.19. The highest BCUT2D eigenvalue weighted by atomic mass is 14.9. The molecule has 0 bridgehead atoms. The second-order valence-electron chi connectivity index (χ2n) is 6.23. The number of anilines is 1. The van der Waals surface area contributed by atoms with E-state index < -0.39 is 0 Å². The highest BCUT2D eigenvalue weighted by Crippen LogP contribution is 2.32. The van der Waals surface area contributed by atoms with Crippen LogP contribution >= 0.6 is 0 Å². The van der Waals surface area contributed by atoms with Crippen molar-refractivity contribution in [1.82, 2.24) is 4.98 Å². The van der Waals surface area contributed by atoms with E-state index in [-0.39, 0.29) is 0 Å². The molecule has 0 aliphatic rings. The Morgan fingerprint density at radius 1 is 0.880 bits per heavy atom. The van der Waals surface area contributed by atoms with Gasteiger partial charge in [0.1, 0.15) is 0 Å².